The van der Waals surface area contributed by atoms with Crippen molar-refractivity contribution in [3.63, 3.8) is 0 Å². The fourth-order valence-corrected chi connectivity index (χ4v) is 3.06. The van der Waals surface area contributed by atoms with Gasteiger partial charge in [0.1, 0.15) is 4.88 Å². The van der Waals surface area contributed by atoms with Crippen molar-refractivity contribution in [1.82, 2.24) is 9.88 Å². The van der Waals surface area contributed by atoms with E-state index in [0.717, 1.165) is 5.01 Å². The lowest BCUT2D eigenvalue weighted by atomic mass is 9.91. The molecule has 0 spiro atoms. The Morgan fingerprint density at radius 3 is 2.43 bits per heavy atom. The number of likely N-dealkylation sites (tertiary alicyclic amines) is 1. The normalized spacial score (nSPS) is 19.1. The lowest BCUT2D eigenvalue weighted by molar-refractivity contribution is -0.271. The highest BCUT2D eigenvalue weighted by Gasteiger charge is 2.54. The minimum Gasteiger partial charge on any atom is -0.380 e. The van der Waals surface area contributed by atoms with E-state index in [1.165, 1.54) is 22.4 Å². The molecule has 1 aromatic heterocycles. The van der Waals surface area contributed by atoms with E-state index in [-0.39, 0.29) is 24.9 Å². The first-order valence-electron chi connectivity index (χ1n) is 6.68. The van der Waals surface area contributed by atoms with Crippen LogP contribution in [0.3, 0.4) is 0 Å². The zero-order valence-electron chi connectivity index (χ0n) is 11.8. The molecular formula is C13H17F3N2O2S. The number of alkyl halides is 3. The van der Waals surface area contributed by atoms with Crippen molar-refractivity contribution in [3.8, 4) is 0 Å². The van der Waals surface area contributed by atoms with Gasteiger partial charge in [-0.3, -0.25) is 4.79 Å². The number of carbonyl (C=O) groups is 1. The van der Waals surface area contributed by atoms with Gasteiger partial charge in [0, 0.05) is 31.8 Å². The number of rotatable bonds is 2. The van der Waals surface area contributed by atoms with Crippen LogP contribution in [0.15, 0.2) is 6.20 Å². The predicted octanol–water partition coefficient (Wildman–Crippen LogP) is 2.80. The molecule has 2 rings (SSSR count). The van der Waals surface area contributed by atoms with Gasteiger partial charge in [0.25, 0.3) is 5.91 Å². The van der Waals surface area contributed by atoms with E-state index in [4.69, 9.17) is 0 Å². The minimum atomic E-state index is -4.66. The molecular weight excluding hydrogens is 305 g/mol. The van der Waals surface area contributed by atoms with Crippen molar-refractivity contribution in [2.45, 2.75) is 44.4 Å². The maximum atomic E-state index is 12.7. The molecule has 1 aromatic rings. The van der Waals surface area contributed by atoms with Crippen molar-refractivity contribution in [1.29, 1.82) is 0 Å². The van der Waals surface area contributed by atoms with Crippen LogP contribution in [-0.2, 0) is 0 Å². The first kappa shape index (κ1) is 16.2. The fraction of sp³-hybridized carbons (Fsp3) is 0.692. The Labute approximate surface area is 124 Å². The van der Waals surface area contributed by atoms with Crippen LogP contribution in [0.1, 0.15) is 47.3 Å². The average molecular weight is 322 g/mol. The van der Waals surface area contributed by atoms with Crippen molar-refractivity contribution >= 4 is 17.2 Å². The molecule has 4 nitrogen and oxygen atoms in total. The number of halogens is 3. The van der Waals surface area contributed by atoms with Crippen LogP contribution >= 0.6 is 11.3 Å². The topological polar surface area (TPSA) is 53.4 Å². The van der Waals surface area contributed by atoms with Crippen LogP contribution in [0.5, 0.6) is 0 Å². The van der Waals surface area contributed by atoms with E-state index in [0.29, 0.717) is 4.88 Å². The highest BCUT2D eigenvalue weighted by Crippen LogP contribution is 2.38. The summed E-state index contributed by atoms with van der Waals surface area (Å²) in [5.41, 5.74) is -2.68. The van der Waals surface area contributed by atoms with Crippen LogP contribution in [0.2, 0.25) is 0 Å². The second-order valence-electron chi connectivity index (χ2n) is 5.54. The molecule has 2 heterocycles. The smallest absolute Gasteiger partial charge is 0.380 e. The number of hydrogen-bond acceptors (Lipinski definition) is 4. The number of aliphatic hydroxyl groups is 1. The molecule has 0 radical (unpaired) electrons. The second kappa shape index (κ2) is 5.57. The number of aromatic nitrogens is 1. The van der Waals surface area contributed by atoms with Gasteiger partial charge < -0.3 is 10.0 Å². The molecule has 21 heavy (non-hydrogen) atoms. The molecule has 0 aromatic carbocycles. The summed E-state index contributed by atoms with van der Waals surface area (Å²) in [7, 11) is 0. The Morgan fingerprint density at radius 1 is 1.43 bits per heavy atom. The number of piperidine rings is 1. The summed E-state index contributed by atoms with van der Waals surface area (Å²) in [6.45, 7) is 3.70. The Balaban J connectivity index is 2.03. The standard InChI is InChI=1S/C13H17F3N2O2S/c1-8(2)10-17-7-9(21-10)11(19)18-5-3-12(20,4-6-18)13(14,15)16/h7-8,20H,3-6H2,1-2H3. The van der Waals surface area contributed by atoms with Crippen LogP contribution in [-0.4, -0.2) is 45.8 Å². The first-order valence-corrected chi connectivity index (χ1v) is 7.50. The monoisotopic (exact) mass is 322 g/mol. The van der Waals surface area contributed by atoms with E-state index in [2.05, 4.69) is 4.98 Å². The predicted molar refractivity (Wildman–Crippen MR) is 72.3 cm³/mol. The van der Waals surface area contributed by atoms with Gasteiger partial charge >= 0.3 is 6.18 Å². The van der Waals surface area contributed by atoms with Crippen molar-refractivity contribution in [3.05, 3.63) is 16.1 Å². The minimum absolute atomic E-state index is 0.107. The highest BCUT2D eigenvalue weighted by atomic mass is 32.1. The summed E-state index contributed by atoms with van der Waals surface area (Å²) in [4.78, 5) is 18.1. The zero-order chi connectivity index (χ0) is 15.8. The highest BCUT2D eigenvalue weighted by molar-refractivity contribution is 7.13. The third kappa shape index (κ3) is 3.21. The van der Waals surface area contributed by atoms with Gasteiger partial charge in [-0.1, -0.05) is 13.8 Å². The molecule has 1 amide bonds. The van der Waals surface area contributed by atoms with Crippen molar-refractivity contribution in [2.75, 3.05) is 13.1 Å². The van der Waals surface area contributed by atoms with Crippen molar-refractivity contribution in [2.24, 2.45) is 0 Å². The molecule has 0 unspecified atom stereocenters. The lowest BCUT2D eigenvalue weighted by Crippen LogP contribution is -2.54. The Bertz CT molecular complexity index is 520. The lowest BCUT2D eigenvalue weighted by Gasteiger charge is -2.38. The molecule has 1 saturated heterocycles. The molecule has 1 fully saturated rings. The summed E-state index contributed by atoms with van der Waals surface area (Å²) in [5.74, 6) is -0.114. The zero-order valence-corrected chi connectivity index (χ0v) is 12.6. The number of amides is 1. The van der Waals surface area contributed by atoms with Gasteiger partial charge in [-0.25, -0.2) is 4.98 Å². The quantitative estimate of drug-likeness (QED) is 0.911. The summed E-state index contributed by atoms with van der Waals surface area (Å²) >= 11 is 1.26. The Morgan fingerprint density at radius 2 is 2.00 bits per heavy atom. The molecule has 0 bridgehead atoms. The van der Waals surface area contributed by atoms with Crippen molar-refractivity contribution < 1.29 is 23.1 Å². The molecule has 0 saturated carbocycles. The summed E-state index contributed by atoms with van der Waals surface area (Å²) in [5, 5.41) is 10.4. The molecule has 1 N–H and O–H groups in total. The number of hydrogen-bond donors (Lipinski definition) is 1. The third-order valence-corrected chi connectivity index (χ3v) is 4.92. The molecule has 1 aliphatic rings. The van der Waals surface area contributed by atoms with E-state index < -0.39 is 24.6 Å². The van der Waals surface area contributed by atoms with Gasteiger partial charge in [-0.15, -0.1) is 11.3 Å². The summed E-state index contributed by atoms with van der Waals surface area (Å²) in [6, 6.07) is 0. The van der Waals surface area contributed by atoms with Crippen LogP contribution in [0, 0.1) is 0 Å². The largest absolute Gasteiger partial charge is 0.417 e. The maximum Gasteiger partial charge on any atom is 0.417 e. The van der Waals surface area contributed by atoms with E-state index in [1.54, 1.807) is 0 Å². The van der Waals surface area contributed by atoms with Gasteiger partial charge in [-0.2, -0.15) is 13.2 Å². The van der Waals surface area contributed by atoms with Crippen LogP contribution in [0.25, 0.3) is 0 Å². The van der Waals surface area contributed by atoms with Crippen LogP contribution in [0.4, 0.5) is 13.2 Å². The first-order chi connectivity index (χ1) is 9.64. The summed E-state index contributed by atoms with van der Waals surface area (Å²) in [6.07, 6.45) is -4.17. The maximum absolute atomic E-state index is 12.7. The molecule has 8 heteroatoms. The van der Waals surface area contributed by atoms with Gasteiger partial charge in [0.2, 0.25) is 0 Å². The molecule has 1 aliphatic heterocycles. The van der Waals surface area contributed by atoms with Gasteiger partial charge in [0.15, 0.2) is 5.60 Å². The SMILES string of the molecule is CC(C)c1ncc(C(=O)N2CCC(O)(C(F)(F)F)CC2)s1. The average Bonchev–Trinajstić information content (AvgIpc) is 2.87. The Kier molecular flexibility index (Phi) is 4.30. The number of carbonyl (C=O) groups excluding carboxylic acids is 1. The second-order valence-corrected chi connectivity index (χ2v) is 6.60. The molecule has 0 aliphatic carbocycles. The molecule has 118 valence electrons. The van der Waals surface area contributed by atoms with E-state index >= 15 is 0 Å². The van der Waals surface area contributed by atoms with Crippen LogP contribution < -0.4 is 0 Å². The van der Waals surface area contributed by atoms with E-state index in [9.17, 15) is 23.1 Å². The third-order valence-electron chi connectivity index (χ3n) is 3.63. The number of thiazole rings is 1. The number of nitrogens with zero attached hydrogens (tertiary/aromatic N) is 2. The Hall–Kier alpha value is -1.15. The molecule has 0 atom stereocenters. The van der Waals surface area contributed by atoms with Gasteiger partial charge in [-0.05, 0) is 0 Å². The fourth-order valence-electron chi connectivity index (χ4n) is 2.17. The van der Waals surface area contributed by atoms with Gasteiger partial charge in [0.05, 0.1) is 11.2 Å². The van der Waals surface area contributed by atoms with E-state index in [1.807, 2.05) is 13.8 Å². The summed E-state index contributed by atoms with van der Waals surface area (Å²) < 4.78 is 38.1.